The molecular weight excluding hydrogens is 570 g/mol. The van der Waals surface area contributed by atoms with Crippen LogP contribution in [0.25, 0.3) is 10.9 Å². The van der Waals surface area contributed by atoms with Gasteiger partial charge in [0.15, 0.2) is 0 Å². The quantitative estimate of drug-likeness (QED) is 0.176. The smallest absolute Gasteiger partial charge is 0.329 e. The van der Waals surface area contributed by atoms with Crippen molar-refractivity contribution in [3.05, 3.63) is 71.9 Å². The van der Waals surface area contributed by atoms with Crippen LogP contribution in [0.15, 0.2) is 60.8 Å². The first-order valence-corrected chi connectivity index (χ1v) is 15.9. The maximum atomic E-state index is 14.0. The summed E-state index contributed by atoms with van der Waals surface area (Å²) < 4.78 is 5.63. The number of para-hydroxylation sites is 1. The van der Waals surface area contributed by atoms with Gasteiger partial charge in [0, 0.05) is 47.6 Å². The third-order valence-electron chi connectivity index (χ3n) is 8.32. The van der Waals surface area contributed by atoms with Gasteiger partial charge < -0.3 is 31.0 Å². The van der Waals surface area contributed by atoms with Crippen LogP contribution in [-0.4, -0.2) is 70.9 Å². The molecule has 0 radical (unpaired) electrons. The Bertz CT molecular complexity index is 1460. The Balaban J connectivity index is 1.52. The number of nitrogens with two attached hydrogens (primary N) is 1. The monoisotopic (exact) mass is 617 g/mol. The number of likely N-dealkylation sites (tertiary alicyclic amines) is 1. The number of piperidine rings is 1. The zero-order valence-electron chi connectivity index (χ0n) is 26.8. The number of nitrogens with one attached hydrogen (secondary N) is 3. The van der Waals surface area contributed by atoms with E-state index in [4.69, 9.17) is 10.5 Å². The van der Waals surface area contributed by atoms with Crippen LogP contribution in [0.1, 0.15) is 81.6 Å². The van der Waals surface area contributed by atoms with Crippen molar-refractivity contribution in [2.75, 3.05) is 19.6 Å². The van der Waals surface area contributed by atoms with Crippen molar-refractivity contribution in [3.63, 3.8) is 0 Å². The number of aromatic nitrogens is 1. The third kappa shape index (κ3) is 8.94. The maximum Gasteiger partial charge on any atom is 0.329 e. The van der Waals surface area contributed by atoms with Gasteiger partial charge in [-0.2, -0.15) is 0 Å². The first-order chi connectivity index (χ1) is 21.5. The molecule has 45 heavy (non-hydrogen) atoms. The summed E-state index contributed by atoms with van der Waals surface area (Å²) in [7, 11) is 0. The lowest BCUT2D eigenvalue weighted by atomic mass is 9.90. The lowest BCUT2D eigenvalue weighted by Crippen LogP contribution is -2.55. The SMILES string of the molecule is C[C@@H](c1c[nH]c2ccccc12)C(NC(=O)C1CCN(C(=O)c2ccccc2)CC1)C(=O)N[C@@H](CCCCN)C(=O)OC(C)(C)C. The number of nitrogens with zero attached hydrogens (tertiary/aromatic N) is 1. The topological polar surface area (TPSA) is 147 Å². The van der Waals surface area contributed by atoms with Crippen LogP contribution < -0.4 is 16.4 Å². The van der Waals surface area contributed by atoms with E-state index in [1.165, 1.54) is 0 Å². The molecule has 4 rings (SSSR count). The lowest BCUT2D eigenvalue weighted by Gasteiger charge is -2.33. The normalized spacial score (nSPS) is 16.1. The number of hydrogen-bond donors (Lipinski definition) is 4. The van der Waals surface area contributed by atoms with E-state index in [9.17, 15) is 19.2 Å². The molecule has 3 amide bonds. The number of rotatable bonds is 12. The summed E-state index contributed by atoms with van der Waals surface area (Å²) in [5, 5.41) is 6.90. The van der Waals surface area contributed by atoms with E-state index in [2.05, 4.69) is 15.6 Å². The first kappa shape index (κ1) is 33.7. The number of H-pyrrole nitrogens is 1. The molecule has 1 unspecified atom stereocenters. The minimum Gasteiger partial charge on any atom is -0.458 e. The molecule has 1 saturated heterocycles. The number of esters is 1. The Kier molecular flexibility index (Phi) is 11.4. The summed E-state index contributed by atoms with van der Waals surface area (Å²) >= 11 is 0. The summed E-state index contributed by atoms with van der Waals surface area (Å²) in [6.45, 7) is 8.61. The molecule has 1 fully saturated rings. The van der Waals surface area contributed by atoms with Crippen molar-refractivity contribution in [2.45, 2.75) is 83.4 Å². The predicted molar refractivity (Wildman–Crippen MR) is 174 cm³/mol. The highest BCUT2D eigenvalue weighted by Crippen LogP contribution is 2.29. The Hall–Kier alpha value is -4.18. The minimum absolute atomic E-state index is 0.0532. The number of carbonyl (C=O) groups excluding carboxylic acids is 4. The van der Waals surface area contributed by atoms with Crippen molar-refractivity contribution in [1.82, 2.24) is 20.5 Å². The zero-order valence-corrected chi connectivity index (χ0v) is 26.8. The summed E-state index contributed by atoms with van der Waals surface area (Å²) in [6.07, 6.45) is 4.54. The number of unbranched alkanes of at least 4 members (excludes halogenated alkanes) is 1. The molecule has 1 aliphatic heterocycles. The van der Waals surface area contributed by atoms with E-state index in [0.717, 1.165) is 16.5 Å². The molecule has 3 aromatic rings. The van der Waals surface area contributed by atoms with Crippen LogP contribution in [0.2, 0.25) is 0 Å². The first-order valence-electron chi connectivity index (χ1n) is 15.9. The fourth-order valence-electron chi connectivity index (χ4n) is 5.82. The van der Waals surface area contributed by atoms with Crippen molar-refractivity contribution in [1.29, 1.82) is 0 Å². The van der Waals surface area contributed by atoms with Gasteiger partial charge in [-0.05, 0) is 83.2 Å². The predicted octanol–water partition coefficient (Wildman–Crippen LogP) is 4.26. The van der Waals surface area contributed by atoms with Gasteiger partial charge in [0.25, 0.3) is 5.91 Å². The van der Waals surface area contributed by atoms with Crippen molar-refractivity contribution in [3.8, 4) is 0 Å². The maximum absolute atomic E-state index is 14.0. The molecule has 10 nitrogen and oxygen atoms in total. The van der Waals surface area contributed by atoms with Crippen molar-refractivity contribution < 1.29 is 23.9 Å². The standard InChI is InChI=1S/C35H47N5O5/c1-23(27-22-37-28-15-9-8-14-26(27)28)30(32(42)38-29(16-10-11-19-36)34(44)45-35(2,3)4)39-31(41)24-17-20-40(21-18-24)33(43)25-12-6-5-7-13-25/h5-9,12-15,22-24,29-30,37H,10-11,16-21,36H2,1-4H3,(H,38,42)(H,39,41)/t23-,29-,30?/m0/s1. The number of aromatic amines is 1. The van der Waals surface area contributed by atoms with Crippen molar-refractivity contribution >= 4 is 34.6 Å². The molecule has 2 heterocycles. The Morgan fingerprint density at radius 2 is 1.64 bits per heavy atom. The molecule has 1 aliphatic rings. The lowest BCUT2D eigenvalue weighted by molar-refractivity contribution is -0.159. The molecule has 10 heteroatoms. The zero-order chi connectivity index (χ0) is 32.6. The Morgan fingerprint density at radius 1 is 0.978 bits per heavy atom. The average molecular weight is 618 g/mol. The number of benzene rings is 2. The molecule has 2 aromatic carbocycles. The highest BCUT2D eigenvalue weighted by atomic mass is 16.6. The molecule has 0 bridgehead atoms. The van der Waals surface area contributed by atoms with Crippen LogP contribution in [0.4, 0.5) is 0 Å². The number of ether oxygens (including phenoxy) is 1. The van der Waals surface area contributed by atoms with Crippen LogP contribution in [0, 0.1) is 5.92 Å². The second kappa shape index (κ2) is 15.2. The molecule has 242 valence electrons. The van der Waals surface area contributed by atoms with Crippen LogP contribution >= 0.6 is 0 Å². The van der Waals surface area contributed by atoms with Gasteiger partial charge in [0.1, 0.15) is 17.7 Å². The van der Waals surface area contributed by atoms with Crippen molar-refractivity contribution in [2.24, 2.45) is 11.7 Å². The molecule has 0 spiro atoms. The number of amides is 3. The molecule has 3 atom stereocenters. The fourth-order valence-corrected chi connectivity index (χ4v) is 5.82. The highest BCUT2D eigenvalue weighted by molar-refractivity contribution is 5.95. The Labute approximate surface area is 265 Å². The van der Waals surface area contributed by atoms with Gasteiger partial charge in [-0.1, -0.05) is 43.3 Å². The molecule has 5 N–H and O–H groups in total. The fraction of sp³-hybridized carbons (Fsp3) is 0.486. The van der Waals surface area contributed by atoms with E-state index in [0.29, 0.717) is 57.3 Å². The molecule has 1 aromatic heterocycles. The van der Waals surface area contributed by atoms with Crippen LogP contribution in [-0.2, 0) is 19.1 Å². The van der Waals surface area contributed by atoms with Gasteiger partial charge in [0.05, 0.1) is 0 Å². The highest BCUT2D eigenvalue weighted by Gasteiger charge is 2.36. The summed E-state index contributed by atoms with van der Waals surface area (Å²) in [4.78, 5) is 58.8. The number of hydrogen-bond acceptors (Lipinski definition) is 6. The van der Waals surface area contributed by atoms with Gasteiger partial charge in [0.2, 0.25) is 11.8 Å². The molecule has 0 aliphatic carbocycles. The van der Waals surface area contributed by atoms with Gasteiger partial charge in [-0.3, -0.25) is 14.4 Å². The minimum atomic E-state index is -0.958. The van der Waals surface area contributed by atoms with Crippen LogP contribution in [0.5, 0.6) is 0 Å². The van der Waals surface area contributed by atoms with Gasteiger partial charge in [-0.15, -0.1) is 0 Å². The molecular formula is C35H47N5O5. The summed E-state index contributed by atoms with van der Waals surface area (Å²) in [5.74, 6) is -2.06. The van der Waals surface area contributed by atoms with E-state index in [1.807, 2.05) is 55.6 Å². The summed E-state index contributed by atoms with van der Waals surface area (Å²) in [6, 6.07) is 15.1. The van der Waals surface area contributed by atoms with E-state index >= 15 is 0 Å². The second-order valence-electron chi connectivity index (χ2n) is 12.9. The van der Waals surface area contributed by atoms with Crippen LogP contribution in [0.3, 0.4) is 0 Å². The summed E-state index contributed by atoms with van der Waals surface area (Å²) in [5.41, 5.74) is 7.39. The largest absolute Gasteiger partial charge is 0.458 e. The molecule has 0 saturated carbocycles. The second-order valence-corrected chi connectivity index (χ2v) is 12.9. The number of fused-ring (bicyclic) bond motifs is 1. The Morgan fingerprint density at radius 3 is 2.31 bits per heavy atom. The average Bonchev–Trinajstić information content (AvgIpc) is 3.46. The number of carbonyl (C=O) groups is 4. The van der Waals surface area contributed by atoms with Gasteiger partial charge >= 0.3 is 5.97 Å². The van der Waals surface area contributed by atoms with Gasteiger partial charge in [-0.25, -0.2) is 4.79 Å². The van der Waals surface area contributed by atoms with E-state index in [1.54, 1.807) is 37.8 Å². The van der Waals surface area contributed by atoms with E-state index in [-0.39, 0.29) is 17.7 Å². The third-order valence-corrected chi connectivity index (χ3v) is 8.32. The van der Waals surface area contributed by atoms with E-state index < -0.39 is 35.5 Å².